The van der Waals surface area contributed by atoms with Crippen LogP contribution in [0.5, 0.6) is 0 Å². The molecule has 234 valence electrons. The minimum atomic E-state index is -0.370. The summed E-state index contributed by atoms with van der Waals surface area (Å²) in [7, 11) is 0. The number of fused-ring (bicyclic) bond motifs is 4. The van der Waals surface area contributed by atoms with Crippen LogP contribution in [-0.4, -0.2) is 21.4 Å². The molecular formula is C44H26N4O2. The number of carbonyl (C=O) groups excluding carboxylic acids is 2. The number of imide groups is 1. The Balaban J connectivity index is 1.21. The molecule has 6 aromatic carbocycles. The highest BCUT2D eigenvalue weighted by Gasteiger charge is 2.40. The Morgan fingerprint density at radius 3 is 2.00 bits per heavy atom. The average molecular weight is 643 g/mol. The van der Waals surface area contributed by atoms with Crippen molar-refractivity contribution < 1.29 is 9.59 Å². The van der Waals surface area contributed by atoms with Crippen molar-refractivity contribution in [2.24, 2.45) is 0 Å². The highest BCUT2D eigenvalue weighted by molar-refractivity contribution is 6.36. The molecule has 2 amide bonds. The van der Waals surface area contributed by atoms with E-state index >= 15 is 0 Å². The highest BCUT2D eigenvalue weighted by atomic mass is 16.2. The van der Waals surface area contributed by atoms with Gasteiger partial charge in [0.25, 0.3) is 11.8 Å². The van der Waals surface area contributed by atoms with Gasteiger partial charge in [0, 0.05) is 21.9 Å². The van der Waals surface area contributed by atoms with Crippen LogP contribution in [0.2, 0.25) is 0 Å². The number of hydrogen-bond acceptors (Lipinski definition) is 4. The molecule has 0 N–H and O–H groups in total. The van der Waals surface area contributed by atoms with E-state index in [1.54, 1.807) is 12.1 Å². The second-order valence-electron chi connectivity index (χ2n) is 12.2. The first-order chi connectivity index (χ1) is 24.6. The van der Waals surface area contributed by atoms with Gasteiger partial charge in [-0.15, -0.1) is 0 Å². The van der Waals surface area contributed by atoms with Gasteiger partial charge in [-0.05, 0) is 71.3 Å². The third-order valence-corrected chi connectivity index (χ3v) is 9.40. The van der Waals surface area contributed by atoms with Crippen LogP contribution in [0.3, 0.4) is 0 Å². The molecule has 1 aliphatic heterocycles. The van der Waals surface area contributed by atoms with Crippen molar-refractivity contribution in [3.05, 3.63) is 175 Å². The predicted octanol–water partition coefficient (Wildman–Crippen LogP) is 9.85. The van der Waals surface area contributed by atoms with Crippen LogP contribution in [0.25, 0.3) is 61.0 Å². The van der Waals surface area contributed by atoms with Crippen LogP contribution in [0, 0.1) is 11.3 Å². The number of amides is 2. The molecule has 0 aliphatic carbocycles. The fraction of sp³-hybridized carbons (Fsp3) is 0. The van der Waals surface area contributed by atoms with Gasteiger partial charge >= 0.3 is 0 Å². The summed E-state index contributed by atoms with van der Waals surface area (Å²) < 4.78 is 2.07. The Morgan fingerprint density at radius 2 is 1.20 bits per heavy atom. The van der Waals surface area contributed by atoms with E-state index in [-0.39, 0.29) is 11.8 Å². The van der Waals surface area contributed by atoms with Gasteiger partial charge in [-0.2, -0.15) is 5.26 Å². The molecule has 0 saturated carbocycles. The smallest absolute Gasteiger partial charge is 0.268 e. The van der Waals surface area contributed by atoms with E-state index in [1.807, 2.05) is 127 Å². The summed E-state index contributed by atoms with van der Waals surface area (Å²) in [5, 5.41) is 11.4. The number of aromatic nitrogens is 2. The highest BCUT2D eigenvalue weighted by Crippen LogP contribution is 2.42. The standard InChI is InChI=1S/C44H26N4O2/c45-27-32-15-9-18-37(46-32)31-22-24-40-36(26-31)33-16-7-8-19-38(33)47(40)41-20-10-17-34-42(41)44(50)48(43(34)49)39-23-21-30(28-11-3-1-4-12-28)25-35(39)29-13-5-2-6-14-29/h1-26H. The number of benzene rings is 6. The quantitative estimate of drug-likeness (QED) is 0.175. The summed E-state index contributed by atoms with van der Waals surface area (Å²) in [6.07, 6.45) is 0. The molecule has 3 heterocycles. The first-order valence-electron chi connectivity index (χ1n) is 16.3. The molecule has 0 atom stereocenters. The number of rotatable bonds is 5. The van der Waals surface area contributed by atoms with Crippen molar-refractivity contribution in [2.45, 2.75) is 0 Å². The number of pyridine rings is 1. The number of carbonyl (C=O) groups is 2. The minimum absolute atomic E-state index is 0.350. The second-order valence-corrected chi connectivity index (χ2v) is 12.2. The second kappa shape index (κ2) is 11.6. The zero-order chi connectivity index (χ0) is 33.8. The molecular weight excluding hydrogens is 617 g/mol. The van der Waals surface area contributed by atoms with E-state index in [2.05, 4.69) is 33.8 Å². The van der Waals surface area contributed by atoms with Crippen LogP contribution >= 0.6 is 0 Å². The predicted molar refractivity (Wildman–Crippen MR) is 197 cm³/mol. The molecule has 9 rings (SSSR count). The summed E-state index contributed by atoms with van der Waals surface area (Å²) in [4.78, 5) is 34.8. The van der Waals surface area contributed by atoms with Crippen molar-refractivity contribution in [3.8, 4) is 45.3 Å². The summed E-state index contributed by atoms with van der Waals surface area (Å²) in [5.74, 6) is -0.728. The van der Waals surface area contributed by atoms with Gasteiger partial charge in [-0.25, -0.2) is 9.88 Å². The summed E-state index contributed by atoms with van der Waals surface area (Å²) in [6, 6.07) is 52.9. The minimum Gasteiger partial charge on any atom is -0.308 e. The normalized spacial score (nSPS) is 12.4. The van der Waals surface area contributed by atoms with Gasteiger partial charge in [0.1, 0.15) is 11.8 Å². The zero-order valence-electron chi connectivity index (χ0n) is 26.6. The Bertz CT molecular complexity index is 2710. The van der Waals surface area contributed by atoms with Crippen molar-refractivity contribution in [1.82, 2.24) is 9.55 Å². The Morgan fingerprint density at radius 1 is 0.500 bits per heavy atom. The average Bonchev–Trinajstić information content (AvgIpc) is 3.65. The molecule has 6 heteroatoms. The fourth-order valence-electron chi connectivity index (χ4n) is 7.11. The third-order valence-electron chi connectivity index (χ3n) is 9.40. The SMILES string of the molecule is N#Cc1cccc(-c2ccc3c(c2)c2ccccc2n3-c2cccc3c2C(=O)N(c2ccc(-c4ccccc4)cc2-c2ccccc2)C3=O)n1. The van der Waals surface area contributed by atoms with Gasteiger partial charge in [0.05, 0.1) is 39.2 Å². The molecule has 8 aromatic rings. The molecule has 0 fully saturated rings. The summed E-state index contributed by atoms with van der Waals surface area (Å²) in [5.41, 5.74) is 9.34. The summed E-state index contributed by atoms with van der Waals surface area (Å²) in [6.45, 7) is 0. The molecule has 0 bridgehead atoms. The van der Waals surface area contributed by atoms with Gasteiger partial charge in [-0.3, -0.25) is 9.59 Å². The van der Waals surface area contributed by atoms with Gasteiger partial charge in [0.15, 0.2) is 0 Å². The van der Waals surface area contributed by atoms with E-state index in [9.17, 15) is 14.9 Å². The van der Waals surface area contributed by atoms with E-state index < -0.39 is 0 Å². The molecule has 0 spiro atoms. The van der Waals surface area contributed by atoms with Crippen LogP contribution in [-0.2, 0) is 0 Å². The Kier molecular flexibility index (Phi) is 6.72. The monoisotopic (exact) mass is 642 g/mol. The maximum Gasteiger partial charge on any atom is 0.268 e. The van der Waals surface area contributed by atoms with E-state index in [1.165, 1.54) is 4.90 Å². The Labute approximate surface area is 287 Å². The lowest BCUT2D eigenvalue weighted by Crippen LogP contribution is -2.30. The fourth-order valence-corrected chi connectivity index (χ4v) is 7.11. The lowest BCUT2D eigenvalue weighted by Gasteiger charge is -2.20. The van der Waals surface area contributed by atoms with E-state index in [4.69, 9.17) is 0 Å². The number of nitrogens with zero attached hydrogens (tertiary/aromatic N) is 4. The van der Waals surface area contributed by atoms with E-state index in [0.717, 1.165) is 49.6 Å². The number of nitriles is 1. The van der Waals surface area contributed by atoms with E-state index in [0.29, 0.717) is 33.9 Å². The zero-order valence-corrected chi connectivity index (χ0v) is 26.6. The van der Waals surface area contributed by atoms with Crippen molar-refractivity contribution in [2.75, 3.05) is 4.90 Å². The van der Waals surface area contributed by atoms with Gasteiger partial charge in [0.2, 0.25) is 0 Å². The maximum atomic E-state index is 14.7. The van der Waals surface area contributed by atoms with Crippen molar-refractivity contribution in [3.63, 3.8) is 0 Å². The van der Waals surface area contributed by atoms with Crippen LogP contribution in [0.15, 0.2) is 158 Å². The van der Waals surface area contributed by atoms with Crippen molar-refractivity contribution in [1.29, 1.82) is 5.26 Å². The first-order valence-corrected chi connectivity index (χ1v) is 16.3. The molecule has 6 nitrogen and oxygen atoms in total. The molecule has 2 aromatic heterocycles. The molecule has 0 saturated heterocycles. The number of para-hydroxylation sites is 1. The van der Waals surface area contributed by atoms with Gasteiger partial charge in [-0.1, -0.05) is 103 Å². The largest absolute Gasteiger partial charge is 0.308 e. The topological polar surface area (TPSA) is 79.0 Å². The lowest BCUT2D eigenvalue weighted by atomic mass is 9.97. The van der Waals surface area contributed by atoms with Crippen LogP contribution in [0.4, 0.5) is 5.69 Å². The lowest BCUT2D eigenvalue weighted by molar-refractivity contribution is 0.0926. The number of hydrogen-bond donors (Lipinski definition) is 0. The van der Waals surface area contributed by atoms with Gasteiger partial charge < -0.3 is 4.57 Å². The third kappa shape index (κ3) is 4.53. The molecule has 1 aliphatic rings. The molecule has 0 radical (unpaired) electrons. The van der Waals surface area contributed by atoms with Crippen molar-refractivity contribution >= 4 is 39.3 Å². The maximum absolute atomic E-state index is 14.7. The Hall–Kier alpha value is -7.10. The summed E-state index contributed by atoms with van der Waals surface area (Å²) >= 11 is 0. The van der Waals surface area contributed by atoms with Crippen LogP contribution in [0.1, 0.15) is 26.4 Å². The number of anilines is 1. The van der Waals surface area contributed by atoms with Crippen LogP contribution < -0.4 is 4.90 Å². The molecule has 0 unspecified atom stereocenters. The molecule has 50 heavy (non-hydrogen) atoms. The first kappa shape index (κ1) is 29.1.